The van der Waals surface area contributed by atoms with Crippen LogP contribution < -0.4 is 5.32 Å². The Morgan fingerprint density at radius 1 is 1.29 bits per heavy atom. The van der Waals surface area contributed by atoms with Gasteiger partial charge in [-0.25, -0.2) is 0 Å². The Bertz CT molecular complexity index is 314. The van der Waals surface area contributed by atoms with E-state index in [9.17, 15) is 0 Å². The molecule has 1 aromatic heterocycles. The van der Waals surface area contributed by atoms with Crippen molar-refractivity contribution >= 4 is 0 Å². The van der Waals surface area contributed by atoms with E-state index in [0.29, 0.717) is 5.92 Å². The zero-order valence-electron chi connectivity index (χ0n) is 9.01. The van der Waals surface area contributed by atoms with E-state index in [1.54, 1.807) is 0 Å². The zero-order chi connectivity index (χ0) is 9.97. The molecule has 0 atom stereocenters. The van der Waals surface area contributed by atoms with Gasteiger partial charge in [0.2, 0.25) is 0 Å². The third-order valence-electron chi connectivity index (χ3n) is 2.98. The first-order chi connectivity index (χ1) is 6.77. The SMILES string of the molecule is Cc1cnc(C2CCNCC2)c(C)c1. The first-order valence-electron chi connectivity index (χ1n) is 5.41. The lowest BCUT2D eigenvalue weighted by Gasteiger charge is -2.23. The van der Waals surface area contributed by atoms with Gasteiger partial charge < -0.3 is 5.32 Å². The predicted molar refractivity (Wildman–Crippen MR) is 58.6 cm³/mol. The van der Waals surface area contributed by atoms with Crippen LogP contribution in [0.25, 0.3) is 0 Å². The number of aryl methyl sites for hydroxylation is 2. The van der Waals surface area contributed by atoms with Crippen molar-refractivity contribution < 1.29 is 0 Å². The smallest absolute Gasteiger partial charge is 0.0464 e. The van der Waals surface area contributed by atoms with Crippen LogP contribution in [-0.4, -0.2) is 18.1 Å². The van der Waals surface area contributed by atoms with Crippen molar-refractivity contribution in [3.8, 4) is 0 Å². The average molecular weight is 190 g/mol. The molecular formula is C12H18N2. The Morgan fingerprint density at radius 2 is 2.00 bits per heavy atom. The minimum Gasteiger partial charge on any atom is -0.317 e. The molecule has 1 aromatic rings. The van der Waals surface area contributed by atoms with Crippen LogP contribution in [0.4, 0.5) is 0 Å². The molecule has 1 fully saturated rings. The number of pyridine rings is 1. The van der Waals surface area contributed by atoms with Gasteiger partial charge in [0.05, 0.1) is 0 Å². The van der Waals surface area contributed by atoms with Crippen molar-refractivity contribution in [1.29, 1.82) is 0 Å². The maximum Gasteiger partial charge on any atom is 0.0464 e. The highest BCUT2D eigenvalue weighted by Gasteiger charge is 2.17. The number of aromatic nitrogens is 1. The molecule has 0 aromatic carbocycles. The molecule has 2 heterocycles. The van der Waals surface area contributed by atoms with Gasteiger partial charge in [-0.2, -0.15) is 0 Å². The molecule has 1 saturated heterocycles. The van der Waals surface area contributed by atoms with E-state index < -0.39 is 0 Å². The molecule has 1 N–H and O–H groups in total. The van der Waals surface area contributed by atoms with Gasteiger partial charge in [-0.1, -0.05) is 6.07 Å². The Balaban J connectivity index is 2.22. The normalized spacial score (nSPS) is 18.4. The average Bonchev–Trinajstić information content (AvgIpc) is 2.19. The first kappa shape index (κ1) is 9.66. The summed E-state index contributed by atoms with van der Waals surface area (Å²) in [6, 6.07) is 2.24. The lowest BCUT2D eigenvalue weighted by atomic mass is 9.91. The first-order valence-corrected chi connectivity index (χ1v) is 5.41. The van der Waals surface area contributed by atoms with Crippen molar-refractivity contribution in [2.45, 2.75) is 32.6 Å². The Hall–Kier alpha value is -0.890. The molecule has 0 aliphatic carbocycles. The molecule has 14 heavy (non-hydrogen) atoms. The van der Waals surface area contributed by atoms with Crippen molar-refractivity contribution in [2.24, 2.45) is 0 Å². The van der Waals surface area contributed by atoms with Crippen LogP contribution in [0.2, 0.25) is 0 Å². The summed E-state index contributed by atoms with van der Waals surface area (Å²) in [5.41, 5.74) is 3.94. The molecule has 0 amide bonds. The summed E-state index contributed by atoms with van der Waals surface area (Å²) in [7, 11) is 0. The van der Waals surface area contributed by atoms with E-state index in [0.717, 1.165) is 13.1 Å². The van der Waals surface area contributed by atoms with Gasteiger partial charge in [0.1, 0.15) is 0 Å². The summed E-state index contributed by atoms with van der Waals surface area (Å²) in [5, 5.41) is 3.39. The van der Waals surface area contributed by atoms with Gasteiger partial charge >= 0.3 is 0 Å². The lowest BCUT2D eigenvalue weighted by molar-refractivity contribution is 0.451. The monoisotopic (exact) mass is 190 g/mol. The molecule has 0 spiro atoms. The van der Waals surface area contributed by atoms with Gasteiger partial charge in [-0.15, -0.1) is 0 Å². The third kappa shape index (κ3) is 1.95. The maximum atomic E-state index is 4.57. The van der Waals surface area contributed by atoms with Gasteiger partial charge in [0, 0.05) is 17.8 Å². The second-order valence-electron chi connectivity index (χ2n) is 4.24. The molecule has 2 heteroatoms. The zero-order valence-corrected chi connectivity index (χ0v) is 9.01. The standard InChI is InChI=1S/C12H18N2/c1-9-7-10(2)12(14-8-9)11-3-5-13-6-4-11/h7-8,11,13H,3-6H2,1-2H3. The summed E-state index contributed by atoms with van der Waals surface area (Å²) < 4.78 is 0. The largest absolute Gasteiger partial charge is 0.317 e. The molecule has 0 bridgehead atoms. The fraction of sp³-hybridized carbons (Fsp3) is 0.583. The number of rotatable bonds is 1. The second-order valence-corrected chi connectivity index (χ2v) is 4.24. The third-order valence-corrected chi connectivity index (χ3v) is 2.98. The molecule has 0 radical (unpaired) electrons. The van der Waals surface area contributed by atoms with Crippen LogP contribution in [0.3, 0.4) is 0 Å². The second kappa shape index (κ2) is 4.09. The van der Waals surface area contributed by atoms with Crippen LogP contribution in [0.1, 0.15) is 35.6 Å². The van der Waals surface area contributed by atoms with E-state index in [1.807, 2.05) is 6.20 Å². The molecule has 2 rings (SSSR count). The van der Waals surface area contributed by atoms with Crippen molar-refractivity contribution in [1.82, 2.24) is 10.3 Å². The summed E-state index contributed by atoms with van der Waals surface area (Å²) in [4.78, 5) is 4.57. The Labute approximate surface area is 85.7 Å². The van der Waals surface area contributed by atoms with E-state index >= 15 is 0 Å². The highest BCUT2D eigenvalue weighted by Crippen LogP contribution is 2.26. The Kier molecular flexibility index (Phi) is 2.82. The number of hydrogen-bond acceptors (Lipinski definition) is 2. The number of nitrogens with one attached hydrogen (secondary N) is 1. The minimum absolute atomic E-state index is 0.678. The topological polar surface area (TPSA) is 24.9 Å². The van der Waals surface area contributed by atoms with Gasteiger partial charge in [0.25, 0.3) is 0 Å². The van der Waals surface area contributed by atoms with Gasteiger partial charge in [-0.05, 0) is 50.9 Å². The molecule has 76 valence electrons. The summed E-state index contributed by atoms with van der Waals surface area (Å²) in [6.07, 6.45) is 4.46. The van der Waals surface area contributed by atoms with Gasteiger partial charge in [0.15, 0.2) is 0 Å². The maximum absolute atomic E-state index is 4.57. The quantitative estimate of drug-likeness (QED) is 0.734. The molecule has 0 unspecified atom stereocenters. The summed E-state index contributed by atoms with van der Waals surface area (Å²) >= 11 is 0. The lowest BCUT2D eigenvalue weighted by Crippen LogP contribution is -2.27. The van der Waals surface area contributed by atoms with E-state index in [4.69, 9.17) is 0 Å². The van der Waals surface area contributed by atoms with E-state index in [2.05, 4.69) is 30.2 Å². The highest BCUT2D eigenvalue weighted by molar-refractivity contribution is 5.26. The fourth-order valence-electron chi connectivity index (χ4n) is 2.25. The summed E-state index contributed by atoms with van der Waals surface area (Å²) in [6.45, 7) is 6.56. The Morgan fingerprint density at radius 3 is 2.64 bits per heavy atom. The van der Waals surface area contributed by atoms with Gasteiger partial charge in [-0.3, -0.25) is 4.98 Å². The van der Waals surface area contributed by atoms with E-state index in [-0.39, 0.29) is 0 Å². The molecule has 1 aliphatic heterocycles. The van der Waals surface area contributed by atoms with Crippen LogP contribution in [0.5, 0.6) is 0 Å². The summed E-state index contributed by atoms with van der Waals surface area (Å²) in [5.74, 6) is 0.678. The molecule has 2 nitrogen and oxygen atoms in total. The minimum atomic E-state index is 0.678. The van der Waals surface area contributed by atoms with Crippen molar-refractivity contribution in [3.05, 3.63) is 29.1 Å². The predicted octanol–water partition coefficient (Wildman–Crippen LogP) is 2.17. The molecule has 0 saturated carbocycles. The van der Waals surface area contributed by atoms with E-state index in [1.165, 1.54) is 29.7 Å². The van der Waals surface area contributed by atoms with Crippen LogP contribution in [0.15, 0.2) is 12.3 Å². The fourth-order valence-corrected chi connectivity index (χ4v) is 2.25. The van der Waals surface area contributed by atoms with Crippen LogP contribution >= 0.6 is 0 Å². The van der Waals surface area contributed by atoms with Crippen LogP contribution in [-0.2, 0) is 0 Å². The van der Waals surface area contributed by atoms with Crippen LogP contribution in [0, 0.1) is 13.8 Å². The molecular weight excluding hydrogens is 172 g/mol. The highest BCUT2D eigenvalue weighted by atomic mass is 14.9. The number of piperidine rings is 1. The number of hydrogen-bond donors (Lipinski definition) is 1. The molecule has 1 aliphatic rings. The van der Waals surface area contributed by atoms with Crippen molar-refractivity contribution in [2.75, 3.05) is 13.1 Å². The van der Waals surface area contributed by atoms with Crippen molar-refractivity contribution in [3.63, 3.8) is 0 Å². The number of nitrogens with zero attached hydrogens (tertiary/aromatic N) is 1.